The molecule has 6 heteroatoms. The van der Waals surface area contributed by atoms with Crippen LogP contribution in [0.5, 0.6) is 5.75 Å². The van der Waals surface area contributed by atoms with Gasteiger partial charge in [0, 0.05) is 23.0 Å². The van der Waals surface area contributed by atoms with Crippen LogP contribution in [-0.4, -0.2) is 23.0 Å². The van der Waals surface area contributed by atoms with E-state index in [-0.39, 0.29) is 18.1 Å². The van der Waals surface area contributed by atoms with Crippen molar-refractivity contribution in [3.05, 3.63) is 66.1 Å². The fourth-order valence-corrected chi connectivity index (χ4v) is 2.99. The van der Waals surface area contributed by atoms with Gasteiger partial charge in [-0.25, -0.2) is 9.37 Å². The highest BCUT2D eigenvalue weighted by atomic mass is 19.1. The molecule has 0 aliphatic carbocycles. The molecule has 4 rings (SSSR count). The molecule has 1 amide bonds. The molecule has 4 aromatic rings. The van der Waals surface area contributed by atoms with Crippen molar-refractivity contribution in [2.24, 2.45) is 0 Å². The van der Waals surface area contributed by atoms with E-state index in [1.54, 1.807) is 25.4 Å². The van der Waals surface area contributed by atoms with Gasteiger partial charge in [-0.1, -0.05) is 12.1 Å². The lowest BCUT2D eigenvalue weighted by Crippen LogP contribution is -2.15. The lowest BCUT2D eigenvalue weighted by Gasteiger charge is -2.06. The van der Waals surface area contributed by atoms with Crippen LogP contribution in [0.3, 0.4) is 0 Å². The zero-order valence-electron chi connectivity index (χ0n) is 14.0. The van der Waals surface area contributed by atoms with Gasteiger partial charge in [0.1, 0.15) is 11.6 Å². The van der Waals surface area contributed by atoms with Crippen LogP contribution in [0, 0.1) is 5.82 Å². The number of anilines is 1. The molecule has 0 bridgehead atoms. The van der Waals surface area contributed by atoms with E-state index in [0.717, 1.165) is 33.1 Å². The fraction of sp³-hybridized carbons (Fsp3) is 0.100. The van der Waals surface area contributed by atoms with E-state index >= 15 is 0 Å². The van der Waals surface area contributed by atoms with E-state index < -0.39 is 0 Å². The third kappa shape index (κ3) is 2.97. The average Bonchev–Trinajstić information content (AvgIpc) is 3.02. The number of pyridine rings is 1. The first-order chi connectivity index (χ1) is 12.6. The van der Waals surface area contributed by atoms with Gasteiger partial charge in [-0.3, -0.25) is 4.79 Å². The van der Waals surface area contributed by atoms with Crippen LogP contribution in [0.25, 0.3) is 21.8 Å². The summed E-state index contributed by atoms with van der Waals surface area (Å²) in [6.07, 6.45) is 1.81. The van der Waals surface area contributed by atoms with Crippen LogP contribution in [0.1, 0.15) is 5.56 Å². The minimum atomic E-state index is -0.325. The van der Waals surface area contributed by atoms with E-state index in [9.17, 15) is 9.18 Å². The molecular weight excluding hydrogens is 333 g/mol. The highest BCUT2D eigenvalue weighted by molar-refractivity contribution is 6.12. The van der Waals surface area contributed by atoms with E-state index in [4.69, 9.17) is 4.74 Å². The number of carbonyl (C=O) groups excluding carboxylic acids is 1. The summed E-state index contributed by atoms with van der Waals surface area (Å²) in [5.74, 6) is 0.672. The lowest BCUT2D eigenvalue weighted by atomic mass is 10.1. The van der Waals surface area contributed by atoms with Crippen molar-refractivity contribution in [3.63, 3.8) is 0 Å². The second kappa shape index (κ2) is 6.48. The summed E-state index contributed by atoms with van der Waals surface area (Å²) in [5.41, 5.74) is 2.39. The number of amides is 1. The van der Waals surface area contributed by atoms with Gasteiger partial charge in [0.2, 0.25) is 5.91 Å². The molecule has 0 radical (unpaired) electrons. The van der Waals surface area contributed by atoms with Gasteiger partial charge in [-0.2, -0.15) is 0 Å². The Labute approximate surface area is 148 Å². The predicted octanol–water partition coefficient (Wildman–Crippen LogP) is 4.05. The number of benzene rings is 2. The van der Waals surface area contributed by atoms with Crippen molar-refractivity contribution in [1.29, 1.82) is 0 Å². The Kier molecular flexibility index (Phi) is 4.01. The van der Waals surface area contributed by atoms with Crippen LogP contribution in [0.4, 0.5) is 10.2 Å². The molecule has 2 aromatic carbocycles. The quantitative estimate of drug-likeness (QED) is 0.584. The molecule has 2 N–H and O–H groups in total. The maximum Gasteiger partial charge on any atom is 0.230 e. The first-order valence-corrected chi connectivity index (χ1v) is 8.13. The van der Waals surface area contributed by atoms with Gasteiger partial charge in [-0.15, -0.1) is 0 Å². The first kappa shape index (κ1) is 16.1. The van der Waals surface area contributed by atoms with Crippen LogP contribution in [0.15, 0.2) is 54.7 Å². The van der Waals surface area contributed by atoms with Crippen molar-refractivity contribution < 1.29 is 13.9 Å². The third-order valence-corrected chi connectivity index (χ3v) is 4.26. The summed E-state index contributed by atoms with van der Waals surface area (Å²) in [7, 11) is 1.62. The van der Waals surface area contributed by atoms with E-state index in [1.165, 1.54) is 12.1 Å². The molecule has 0 atom stereocenters. The number of rotatable bonds is 4. The Bertz CT molecular complexity index is 1100. The van der Waals surface area contributed by atoms with E-state index in [2.05, 4.69) is 15.3 Å². The predicted molar refractivity (Wildman–Crippen MR) is 98.9 cm³/mol. The third-order valence-electron chi connectivity index (χ3n) is 4.26. The molecule has 5 nitrogen and oxygen atoms in total. The number of methoxy groups -OCH3 is 1. The number of fused-ring (bicyclic) bond motifs is 3. The molecule has 2 aromatic heterocycles. The number of aromatic amines is 1. The number of nitrogens with zero attached hydrogens (tertiary/aromatic N) is 1. The molecule has 2 heterocycles. The van der Waals surface area contributed by atoms with Crippen LogP contribution < -0.4 is 10.1 Å². The number of nitrogens with one attached hydrogen (secondary N) is 2. The van der Waals surface area contributed by atoms with Gasteiger partial charge in [0.05, 0.1) is 24.6 Å². The normalized spacial score (nSPS) is 11.0. The van der Waals surface area contributed by atoms with Crippen molar-refractivity contribution >= 4 is 33.5 Å². The largest absolute Gasteiger partial charge is 0.497 e. The van der Waals surface area contributed by atoms with E-state index in [0.29, 0.717) is 5.82 Å². The molecule has 0 saturated carbocycles. The van der Waals surface area contributed by atoms with Crippen LogP contribution >= 0.6 is 0 Å². The van der Waals surface area contributed by atoms with Crippen LogP contribution in [-0.2, 0) is 11.2 Å². The molecule has 0 saturated heterocycles. The topological polar surface area (TPSA) is 67.0 Å². The molecular formula is C20H16FN3O2. The number of H-pyrrole nitrogens is 1. The molecule has 0 fully saturated rings. The SMILES string of the molecule is COc1ccc2c(c1)[nH]c1c(NC(=O)Cc3ccc(F)cc3)nccc12. The van der Waals surface area contributed by atoms with Gasteiger partial charge in [0.15, 0.2) is 5.82 Å². The number of carbonyl (C=O) groups is 1. The molecule has 0 aliphatic rings. The second-order valence-corrected chi connectivity index (χ2v) is 5.97. The smallest absolute Gasteiger partial charge is 0.230 e. The molecule has 0 aliphatic heterocycles. The minimum Gasteiger partial charge on any atom is -0.497 e. The van der Waals surface area contributed by atoms with Gasteiger partial charge in [0.25, 0.3) is 0 Å². The summed E-state index contributed by atoms with van der Waals surface area (Å²) in [4.78, 5) is 19.9. The maximum atomic E-state index is 13.0. The number of hydrogen-bond donors (Lipinski definition) is 2. The Morgan fingerprint density at radius 2 is 1.96 bits per heavy atom. The van der Waals surface area contributed by atoms with Gasteiger partial charge in [-0.05, 0) is 35.9 Å². The highest BCUT2D eigenvalue weighted by Gasteiger charge is 2.12. The Hall–Kier alpha value is -3.41. The molecule has 130 valence electrons. The highest BCUT2D eigenvalue weighted by Crippen LogP contribution is 2.31. The first-order valence-electron chi connectivity index (χ1n) is 8.13. The van der Waals surface area contributed by atoms with Gasteiger partial charge >= 0.3 is 0 Å². The Morgan fingerprint density at radius 1 is 1.15 bits per heavy atom. The molecule has 0 spiro atoms. The summed E-state index contributed by atoms with van der Waals surface area (Å²) >= 11 is 0. The molecule has 0 unspecified atom stereocenters. The second-order valence-electron chi connectivity index (χ2n) is 5.97. The zero-order valence-corrected chi connectivity index (χ0v) is 14.0. The average molecular weight is 349 g/mol. The zero-order chi connectivity index (χ0) is 18.1. The fourth-order valence-electron chi connectivity index (χ4n) is 2.99. The van der Waals surface area contributed by atoms with Crippen molar-refractivity contribution in [1.82, 2.24) is 9.97 Å². The summed E-state index contributed by atoms with van der Waals surface area (Å²) in [6, 6.07) is 13.5. The number of aromatic nitrogens is 2. The maximum absolute atomic E-state index is 13.0. The monoisotopic (exact) mass is 349 g/mol. The van der Waals surface area contributed by atoms with Crippen LogP contribution in [0.2, 0.25) is 0 Å². The number of halogens is 1. The lowest BCUT2D eigenvalue weighted by molar-refractivity contribution is -0.115. The Morgan fingerprint density at radius 3 is 2.73 bits per heavy atom. The summed E-state index contributed by atoms with van der Waals surface area (Å²) in [5, 5.41) is 4.82. The van der Waals surface area contributed by atoms with Crippen molar-refractivity contribution in [2.75, 3.05) is 12.4 Å². The minimum absolute atomic E-state index is 0.145. The number of ether oxygens (including phenoxy) is 1. The summed E-state index contributed by atoms with van der Waals surface area (Å²) in [6.45, 7) is 0. The van der Waals surface area contributed by atoms with Crippen molar-refractivity contribution in [2.45, 2.75) is 6.42 Å². The van der Waals surface area contributed by atoms with Crippen molar-refractivity contribution in [3.8, 4) is 5.75 Å². The standard InChI is InChI=1S/C20H16FN3O2/c1-26-14-6-7-15-16-8-9-22-20(19(16)23-17(15)11-14)24-18(25)10-12-2-4-13(21)5-3-12/h2-9,11,23H,10H2,1H3,(H,22,24,25). The number of hydrogen-bond acceptors (Lipinski definition) is 3. The summed E-state index contributed by atoms with van der Waals surface area (Å²) < 4.78 is 18.2. The van der Waals surface area contributed by atoms with Gasteiger partial charge < -0.3 is 15.0 Å². The Balaban J connectivity index is 1.65. The molecule has 26 heavy (non-hydrogen) atoms. The van der Waals surface area contributed by atoms with E-state index in [1.807, 2.05) is 24.3 Å².